The van der Waals surface area contributed by atoms with E-state index < -0.39 is 0 Å². The van der Waals surface area contributed by atoms with Crippen LogP contribution in [0, 0.1) is 19.3 Å². The minimum Gasteiger partial charge on any atom is -0.396 e. The molecule has 0 radical (unpaired) electrons. The van der Waals surface area contributed by atoms with Crippen molar-refractivity contribution in [3.63, 3.8) is 0 Å². The molecule has 0 amide bonds. The van der Waals surface area contributed by atoms with Gasteiger partial charge in [-0.3, -0.25) is 4.98 Å². The Morgan fingerprint density at radius 2 is 2.09 bits per heavy atom. The second-order valence-corrected chi connectivity index (χ2v) is 7.06. The van der Waals surface area contributed by atoms with Gasteiger partial charge < -0.3 is 15.1 Å². The summed E-state index contributed by atoms with van der Waals surface area (Å²) < 4.78 is 0. The van der Waals surface area contributed by atoms with Crippen molar-refractivity contribution in [2.24, 2.45) is 5.41 Å². The number of pyridine rings is 1. The first-order valence-corrected chi connectivity index (χ1v) is 8.40. The van der Waals surface area contributed by atoms with Crippen LogP contribution < -0.4 is 4.90 Å². The van der Waals surface area contributed by atoms with E-state index in [-0.39, 0.29) is 18.6 Å². The molecule has 4 nitrogen and oxygen atoms in total. The minimum atomic E-state index is -0.216. The van der Waals surface area contributed by atoms with E-state index in [1.54, 1.807) is 0 Å². The monoisotopic (exact) mass is 334 g/mol. The molecule has 1 saturated heterocycles. The molecule has 1 aromatic heterocycles. The number of aliphatic hydroxyl groups excluding tert-OH is 2. The zero-order chi connectivity index (χ0) is 16.6. The highest BCUT2D eigenvalue weighted by atomic mass is 35.5. The molecule has 0 saturated carbocycles. The summed E-state index contributed by atoms with van der Waals surface area (Å²) in [6.07, 6.45) is 1.51. The van der Waals surface area contributed by atoms with Crippen molar-refractivity contribution in [1.82, 2.24) is 4.98 Å². The van der Waals surface area contributed by atoms with E-state index in [0.717, 1.165) is 47.4 Å². The summed E-state index contributed by atoms with van der Waals surface area (Å²) in [6.45, 7) is 5.78. The minimum absolute atomic E-state index is 0.103. The average molecular weight is 335 g/mol. The Bertz CT molecular complexity index is 735. The molecular weight excluding hydrogens is 312 g/mol. The number of benzene rings is 1. The van der Waals surface area contributed by atoms with E-state index in [4.69, 9.17) is 11.6 Å². The van der Waals surface area contributed by atoms with Crippen molar-refractivity contribution in [2.75, 3.05) is 31.2 Å². The summed E-state index contributed by atoms with van der Waals surface area (Å²) >= 11 is 6.46. The second kappa shape index (κ2) is 6.27. The van der Waals surface area contributed by atoms with Gasteiger partial charge in [-0.2, -0.15) is 0 Å². The molecule has 5 heteroatoms. The number of rotatable bonds is 4. The Labute approximate surface area is 141 Å². The molecule has 1 aliphatic heterocycles. The Morgan fingerprint density at radius 1 is 1.30 bits per heavy atom. The SMILES string of the molecule is Cc1cc(N2CCC(CO)(CCO)C2)c2ccc(C)c(Cl)c2n1. The molecular formula is C18H23ClN2O2. The van der Waals surface area contributed by atoms with Crippen molar-refractivity contribution < 1.29 is 10.2 Å². The van der Waals surface area contributed by atoms with Gasteiger partial charge in [-0.1, -0.05) is 23.7 Å². The van der Waals surface area contributed by atoms with Crippen molar-refractivity contribution in [3.8, 4) is 0 Å². The van der Waals surface area contributed by atoms with Crippen molar-refractivity contribution in [3.05, 3.63) is 34.5 Å². The third-order valence-corrected chi connectivity index (χ3v) is 5.45. The first kappa shape index (κ1) is 16.5. The smallest absolute Gasteiger partial charge is 0.0914 e. The van der Waals surface area contributed by atoms with Gasteiger partial charge in [0.2, 0.25) is 0 Å². The number of aliphatic hydroxyl groups is 2. The fourth-order valence-electron chi connectivity index (χ4n) is 3.52. The molecule has 1 fully saturated rings. The zero-order valence-electron chi connectivity index (χ0n) is 13.6. The van der Waals surface area contributed by atoms with Gasteiger partial charge in [0, 0.05) is 41.9 Å². The predicted molar refractivity (Wildman–Crippen MR) is 94.3 cm³/mol. The van der Waals surface area contributed by atoms with Crippen LogP contribution in [0.1, 0.15) is 24.1 Å². The van der Waals surface area contributed by atoms with Crippen LogP contribution in [0.2, 0.25) is 5.02 Å². The van der Waals surface area contributed by atoms with Gasteiger partial charge in [0.1, 0.15) is 0 Å². The average Bonchev–Trinajstić information content (AvgIpc) is 2.96. The quantitative estimate of drug-likeness (QED) is 0.902. The van der Waals surface area contributed by atoms with E-state index in [0.29, 0.717) is 11.4 Å². The second-order valence-electron chi connectivity index (χ2n) is 6.68. The molecule has 3 rings (SSSR count). The Morgan fingerprint density at radius 3 is 2.78 bits per heavy atom. The fraction of sp³-hybridized carbons (Fsp3) is 0.500. The number of hydrogen-bond acceptors (Lipinski definition) is 4. The van der Waals surface area contributed by atoms with Gasteiger partial charge in [0.25, 0.3) is 0 Å². The number of nitrogens with zero attached hydrogens (tertiary/aromatic N) is 2. The maximum Gasteiger partial charge on any atom is 0.0914 e. The topological polar surface area (TPSA) is 56.6 Å². The molecule has 1 aromatic carbocycles. The van der Waals surface area contributed by atoms with Crippen LogP contribution in [-0.4, -0.2) is 41.5 Å². The summed E-state index contributed by atoms with van der Waals surface area (Å²) in [6, 6.07) is 6.18. The van der Waals surface area contributed by atoms with Crippen LogP contribution in [0.25, 0.3) is 10.9 Å². The Balaban J connectivity index is 2.06. The number of aryl methyl sites for hydroxylation is 2. The van der Waals surface area contributed by atoms with Crippen LogP contribution in [0.15, 0.2) is 18.2 Å². The van der Waals surface area contributed by atoms with Gasteiger partial charge in [-0.15, -0.1) is 0 Å². The molecule has 2 N–H and O–H groups in total. The lowest BCUT2D eigenvalue weighted by Crippen LogP contribution is -2.31. The molecule has 124 valence electrons. The molecule has 23 heavy (non-hydrogen) atoms. The third kappa shape index (κ3) is 2.91. The maximum atomic E-state index is 9.79. The lowest BCUT2D eigenvalue weighted by atomic mass is 9.85. The summed E-state index contributed by atoms with van der Waals surface area (Å²) in [5.41, 5.74) is 3.69. The molecule has 1 aliphatic rings. The number of aromatic nitrogens is 1. The summed E-state index contributed by atoms with van der Waals surface area (Å²) in [5.74, 6) is 0. The fourth-order valence-corrected chi connectivity index (χ4v) is 3.72. The largest absolute Gasteiger partial charge is 0.396 e. The normalized spacial score (nSPS) is 21.3. The van der Waals surface area contributed by atoms with Crippen LogP contribution >= 0.6 is 11.6 Å². The van der Waals surface area contributed by atoms with Gasteiger partial charge in [0.05, 0.1) is 17.1 Å². The van der Waals surface area contributed by atoms with Gasteiger partial charge >= 0.3 is 0 Å². The molecule has 0 bridgehead atoms. The van der Waals surface area contributed by atoms with E-state index in [1.807, 2.05) is 19.9 Å². The molecule has 2 heterocycles. The highest BCUT2D eigenvalue weighted by Crippen LogP contribution is 2.39. The number of fused-ring (bicyclic) bond motifs is 1. The molecule has 0 aliphatic carbocycles. The van der Waals surface area contributed by atoms with Gasteiger partial charge in [-0.05, 0) is 38.3 Å². The Kier molecular flexibility index (Phi) is 4.50. The van der Waals surface area contributed by atoms with Crippen molar-refractivity contribution >= 4 is 28.2 Å². The maximum absolute atomic E-state index is 9.79. The van der Waals surface area contributed by atoms with E-state index in [9.17, 15) is 10.2 Å². The highest BCUT2D eigenvalue weighted by Gasteiger charge is 2.37. The molecule has 1 unspecified atom stereocenters. The highest BCUT2D eigenvalue weighted by molar-refractivity contribution is 6.36. The van der Waals surface area contributed by atoms with Crippen LogP contribution in [0.3, 0.4) is 0 Å². The Hall–Kier alpha value is -1.36. The first-order valence-electron chi connectivity index (χ1n) is 8.03. The lowest BCUT2D eigenvalue weighted by Gasteiger charge is -2.27. The third-order valence-electron chi connectivity index (χ3n) is 4.98. The van der Waals surface area contributed by atoms with E-state index >= 15 is 0 Å². The van der Waals surface area contributed by atoms with E-state index in [2.05, 4.69) is 22.0 Å². The van der Waals surface area contributed by atoms with Gasteiger partial charge in [-0.25, -0.2) is 0 Å². The zero-order valence-corrected chi connectivity index (χ0v) is 14.4. The molecule has 0 spiro atoms. The summed E-state index contributed by atoms with van der Waals surface area (Å²) in [4.78, 5) is 6.90. The lowest BCUT2D eigenvalue weighted by molar-refractivity contribution is 0.109. The van der Waals surface area contributed by atoms with Crippen LogP contribution in [-0.2, 0) is 0 Å². The number of anilines is 1. The summed E-state index contributed by atoms with van der Waals surface area (Å²) in [7, 11) is 0. The van der Waals surface area contributed by atoms with Crippen molar-refractivity contribution in [1.29, 1.82) is 0 Å². The predicted octanol–water partition coefficient (Wildman–Crippen LogP) is 3.08. The molecule has 2 aromatic rings. The standard InChI is InChI=1S/C18H23ClN2O2/c1-12-3-4-14-15(9-13(2)20-17(14)16(12)19)21-7-5-18(10-21,11-23)6-8-22/h3-4,9,22-23H,5-8,10-11H2,1-2H3. The van der Waals surface area contributed by atoms with Crippen molar-refractivity contribution in [2.45, 2.75) is 26.7 Å². The number of hydrogen-bond donors (Lipinski definition) is 2. The van der Waals surface area contributed by atoms with Gasteiger partial charge in [0.15, 0.2) is 0 Å². The first-order chi connectivity index (χ1) is 11.0. The van der Waals surface area contributed by atoms with E-state index in [1.165, 1.54) is 0 Å². The number of halogens is 1. The van der Waals surface area contributed by atoms with Crippen LogP contribution in [0.5, 0.6) is 0 Å². The summed E-state index contributed by atoms with van der Waals surface area (Å²) in [5, 5.41) is 20.8. The molecule has 1 atom stereocenters. The van der Waals surface area contributed by atoms with Crippen LogP contribution in [0.4, 0.5) is 5.69 Å².